The quantitative estimate of drug-likeness (QED) is 0.304. The van der Waals surface area contributed by atoms with Crippen molar-refractivity contribution < 1.29 is 29.3 Å². The lowest BCUT2D eigenvalue weighted by molar-refractivity contribution is -0.132. The highest BCUT2D eigenvalue weighted by atomic mass is 35.5. The van der Waals surface area contributed by atoms with Gasteiger partial charge in [-0.05, 0) is 55.0 Å². The molecule has 2 N–H and O–H groups in total. The molecule has 1 atom stereocenters. The Labute approximate surface area is 201 Å². The van der Waals surface area contributed by atoms with Crippen LogP contribution in [0.3, 0.4) is 0 Å². The van der Waals surface area contributed by atoms with Gasteiger partial charge in [0, 0.05) is 5.69 Å². The van der Waals surface area contributed by atoms with Gasteiger partial charge in [-0.2, -0.15) is 0 Å². The van der Waals surface area contributed by atoms with Crippen LogP contribution in [0.5, 0.6) is 17.2 Å². The maximum Gasteiger partial charge on any atom is 0.300 e. The SMILES string of the molecule is COc1ccc(N2C(=O)C(=O)/C(=C(/O)c3cc(C)ccc3OC)C2c2ccc(O)cc2)cc1Cl. The number of carbonyl (C=O) groups is 2. The first-order chi connectivity index (χ1) is 16.3. The first kappa shape index (κ1) is 23.2. The second kappa shape index (κ2) is 9.11. The lowest BCUT2D eigenvalue weighted by atomic mass is 9.94. The molecule has 0 radical (unpaired) electrons. The fraction of sp³-hybridized carbons (Fsp3) is 0.154. The number of aromatic hydroxyl groups is 1. The second-order valence-electron chi connectivity index (χ2n) is 7.78. The molecule has 4 rings (SSSR count). The minimum absolute atomic E-state index is 0.0218. The van der Waals surface area contributed by atoms with E-state index in [2.05, 4.69) is 0 Å². The number of aryl methyl sites for hydroxylation is 1. The summed E-state index contributed by atoms with van der Waals surface area (Å²) in [5.74, 6) is -1.26. The van der Waals surface area contributed by atoms with E-state index in [9.17, 15) is 19.8 Å². The van der Waals surface area contributed by atoms with Crippen molar-refractivity contribution in [3.63, 3.8) is 0 Å². The van der Waals surface area contributed by atoms with Crippen molar-refractivity contribution >= 4 is 34.7 Å². The zero-order valence-electron chi connectivity index (χ0n) is 18.7. The molecule has 1 heterocycles. The molecule has 8 heteroatoms. The molecule has 3 aromatic rings. The molecule has 174 valence electrons. The zero-order chi connectivity index (χ0) is 24.6. The molecule has 7 nitrogen and oxygen atoms in total. The highest BCUT2D eigenvalue weighted by Gasteiger charge is 2.47. The number of methoxy groups -OCH3 is 2. The Kier molecular flexibility index (Phi) is 6.22. The van der Waals surface area contributed by atoms with Crippen LogP contribution in [0.2, 0.25) is 5.02 Å². The van der Waals surface area contributed by atoms with Crippen LogP contribution in [0, 0.1) is 6.92 Å². The molecule has 0 aromatic heterocycles. The molecule has 1 saturated heterocycles. The monoisotopic (exact) mass is 479 g/mol. The van der Waals surface area contributed by atoms with Crippen molar-refractivity contribution in [2.45, 2.75) is 13.0 Å². The number of phenols is 1. The van der Waals surface area contributed by atoms with Crippen molar-refractivity contribution in [3.05, 3.63) is 87.9 Å². The van der Waals surface area contributed by atoms with Crippen LogP contribution >= 0.6 is 11.6 Å². The van der Waals surface area contributed by atoms with Crippen LogP contribution in [0.25, 0.3) is 5.76 Å². The predicted octanol–water partition coefficient (Wildman–Crippen LogP) is 5.00. The number of nitrogens with zero attached hydrogens (tertiary/aromatic N) is 1. The smallest absolute Gasteiger partial charge is 0.300 e. The van der Waals surface area contributed by atoms with Gasteiger partial charge in [0.05, 0.1) is 36.4 Å². The van der Waals surface area contributed by atoms with Crippen LogP contribution in [-0.4, -0.2) is 36.1 Å². The fourth-order valence-electron chi connectivity index (χ4n) is 4.03. The van der Waals surface area contributed by atoms with Gasteiger partial charge in [0.2, 0.25) is 0 Å². The fourth-order valence-corrected chi connectivity index (χ4v) is 4.28. The van der Waals surface area contributed by atoms with E-state index in [1.54, 1.807) is 36.4 Å². The molecule has 1 amide bonds. The third-order valence-electron chi connectivity index (χ3n) is 5.68. The van der Waals surface area contributed by atoms with Crippen LogP contribution in [0.1, 0.15) is 22.7 Å². The molecule has 1 aliphatic rings. The molecule has 0 aliphatic carbocycles. The summed E-state index contributed by atoms with van der Waals surface area (Å²) in [6.45, 7) is 1.84. The molecule has 1 aliphatic heterocycles. The first-order valence-electron chi connectivity index (χ1n) is 10.3. The minimum atomic E-state index is -0.977. The summed E-state index contributed by atoms with van der Waals surface area (Å²) >= 11 is 6.30. The maximum atomic E-state index is 13.3. The van der Waals surface area contributed by atoms with Crippen LogP contribution in [0.4, 0.5) is 5.69 Å². The third kappa shape index (κ3) is 3.95. The lowest BCUT2D eigenvalue weighted by Crippen LogP contribution is -2.29. The topological polar surface area (TPSA) is 96.3 Å². The average molecular weight is 480 g/mol. The van der Waals surface area contributed by atoms with Gasteiger partial charge >= 0.3 is 0 Å². The Morgan fingerprint density at radius 2 is 1.59 bits per heavy atom. The van der Waals surface area contributed by atoms with E-state index in [1.807, 2.05) is 13.0 Å². The number of hydrogen-bond acceptors (Lipinski definition) is 6. The number of ketones is 1. The van der Waals surface area contributed by atoms with Gasteiger partial charge in [-0.1, -0.05) is 35.4 Å². The van der Waals surface area contributed by atoms with E-state index in [0.717, 1.165) is 5.56 Å². The van der Waals surface area contributed by atoms with Gasteiger partial charge in [0.25, 0.3) is 11.7 Å². The number of aliphatic hydroxyl groups excluding tert-OH is 1. The summed E-state index contributed by atoms with van der Waals surface area (Å²) in [4.78, 5) is 27.8. The summed E-state index contributed by atoms with van der Waals surface area (Å²) in [5, 5.41) is 21.4. The number of aliphatic hydroxyl groups is 1. The van der Waals surface area contributed by atoms with Crippen molar-refractivity contribution in [2.24, 2.45) is 0 Å². The summed E-state index contributed by atoms with van der Waals surface area (Å²) in [5.41, 5.74) is 1.88. The number of amides is 1. The van der Waals surface area contributed by atoms with Crippen LogP contribution < -0.4 is 14.4 Å². The Bertz CT molecular complexity index is 1320. The minimum Gasteiger partial charge on any atom is -0.508 e. The predicted molar refractivity (Wildman–Crippen MR) is 129 cm³/mol. The number of anilines is 1. The van der Waals surface area contributed by atoms with Crippen molar-refractivity contribution in [2.75, 3.05) is 19.1 Å². The number of hydrogen-bond donors (Lipinski definition) is 2. The molecule has 0 spiro atoms. The maximum absolute atomic E-state index is 13.3. The van der Waals surface area contributed by atoms with Crippen LogP contribution in [-0.2, 0) is 9.59 Å². The number of rotatable bonds is 5. The van der Waals surface area contributed by atoms with Gasteiger partial charge in [0.1, 0.15) is 23.0 Å². The molecular weight excluding hydrogens is 458 g/mol. The van der Waals surface area contributed by atoms with Gasteiger partial charge in [0.15, 0.2) is 0 Å². The molecule has 34 heavy (non-hydrogen) atoms. The number of ether oxygens (including phenoxy) is 2. The van der Waals surface area contributed by atoms with E-state index >= 15 is 0 Å². The van der Waals surface area contributed by atoms with Crippen molar-refractivity contribution in [1.29, 1.82) is 0 Å². The Morgan fingerprint density at radius 3 is 2.21 bits per heavy atom. The third-order valence-corrected chi connectivity index (χ3v) is 5.97. The van der Waals surface area contributed by atoms with Crippen LogP contribution in [0.15, 0.2) is 66.2 Å². The van der Waals surface area contributed by atoms with E-state index in [1.165, 1.54) is 37.3 Å². The molecule has 1 fully saturated rings. The van der Waals surface area contributed by atoms with E-state index in [4.69, 9.17) is 21.1 Å². The van der Waals surface area contributed by atoms with Crippen molar-refractivity contribution in [3.8, 4) is 17.2 Å². The van der Waals surface area contributed by atoms with E-state index < -0.39 is 17.7 Å². The number of carbonyl (C=O) groups excluding carboxylic acids is 2. The van der Waals surface area contributed by atoms with Gasteiger partial charge in [-0.3, -0.25) is 14.5 Å². The molecule has 0 saturated carbocycles. The first-order valence-corrected chi connectivity index (χ1v) is 10.7. The Morgan fingerprint density at radius 1 is 0.941 bits per heavy atom. The molecule has 1 unspecified atom stereocenters. The largest absolute Gasteiger partial charge is 0.508 e. The van der Waals surface area contributed by atoms with E-state index in [-0.39, 0.29) is 27.7 Å². The number of halogens is 1. The summed E-state index contributed by atoms with van der Waals surface area (Å²) < 4.78 is 10.6. The van der Waals surface area contributed by atoms with Gasteiger partial charge < -0.3 is 19.7 Å². The lowest BCUT2D eigenvalue weighted by Gasteiger charge is -2.26. The molecular formula is C26H22ClNO6. The summed E-state index contributed by atoms with van der Waals surface area (Å²) in [6, 6.07) is 15.0. The summed E-state index contributed by atoms with van der Waals surface area (Å²) in [7, 11) is 2.93. The highest BCUT2D eigenvalue weighted by molar-refractivity contribution is 6.52. The zero-order valence-corrected chi connectivity index (χ0v) is 19.5. The number of benzene rings is 3. The molecule has 0 bridgehead atoms. The van der Waals surface area contributed by atoms with Crippen molar-refractivity contribution in [1.82, 2.24) is 0 Å². The Hall–Kier alpha value is -3.97. The molecule has 3 aromatic carbocycles. The van der Waals surface area contributed by atoms with Gasteiger partial charge in [-0.15, -0.1) is 0 Å². The normalized spacial score (nSPS) is 17.2. The highest BCUT2D eigenvalue weighted by Crippen LogP contribution is 2.44. The second-order valence-corrected chi connectivity index (χ2v) is 8.19. The van der Waals surface area contributed by atoms with Gasteiger partial charge in [-0.25, -0.2) is 0 Å². The summed E-state index contributed by atoms with van der Waals surface area (Å²) in [6.07, 6.45) is 0. The van der Waals surface area contributed by atoms with E-state index in [0.29, 0.717) is 22.7 Å². The Balaban J connectivity index is 1.98. The average Bonchev–Trinajstić information content (AvgIpc) is 3.09. The number of Topliss-reactive ketones (excluding diaryl/α,β-unsaturated/α-hetero) is 1. The number of phenolic OH excluding ortho intramolecular Hbond substituents is 1. The standard InChI is InChI=1S/C26H22ClNO6/c1-14-4-10-20(33-2)18(12-14)24(30)22-23(15-5-8-17(29)9-6-15)28(26(32)25(22)31)16-7-11-21(34-3)19(27)13-16/h4-13,23,29-30H,1-3H3/b24-22+.